The number of hydrogen-bond acceptors (Lipinski definition) is 4. The van der Waals surface area contributed by atoms with Gasteiger partial charge in [0.25, 0.3) is 5.91 Å². The Morgan fingerprint density at radius 1 is 1.26 bits per heavy atom. The lowest BCUT2D eigenvalue weighted by Crippen LogP contribution is -2.16. The molecule has 0 bridgehead atoms. The molecular weight excluding hydrogens is 455 g/mol. The largest absolute Gasteiger partial charge is 0.495 e. The molecule has 6 nitrogen and oxygen atoms in total. The Kier molecular flexibility index (Phi) is 5.50. The van der Waals surface area contributed by atoms with Gasteiger partial charge in [-0.25, -0.2) is 13.6 Å². The molecule has 0 aliphatic carbocycles. The third-order valence-corrected chi connectivity index (χ3v) is 5.01. The van der Waals surface area contributed by atoms with Gasteiger partial charge in [0.15, 0.2) is 0 Å². The van der Waals surface area contributed by atoms with Crippen LogP contribution in [0, 0.1) is 3.57 Å². The first kappa shape index (κ1) is 18.0. The van der Waals surface area contributed by atoms with Gasteiger partial charge in [0.05, 0.1) is 12.7 Å². The van der Waals surface area contributed by atoms with Crippen LogP contribution < -0.4 is 15.2 Å². The Bertz CT molecular complexity index is 871. The molecule has 23 heavy (non-hydrogen) atoms. The van der Waals surface area contributed by atoms with E-state index in [-0.39, 0.29) is 16.3 Å². The minimum absolute atomic E-state index is 0.0998. The average Bonchev–Trinajstić information content (AvgIpc) is 2.48. The highest BCUT2D eigenvalue weighted by Crippen LogP contribution is 2.27. The molecule has 0 aromatic heterocycles. The second-order valence-corrected chi connectivity index (χ2v) is 7.62. The van der Waals surface area contributed by atoms with Crippen molar-refractivity contribution in [3.05, 3.63) is 50.6 Å². The summed E-state index contributed by atoms with van der Waals surface area (Å²) >= 11 is 7.90. The first-order valence-corrected chi connectivity index (χ1v) is 9.20. The van der Waals surface area contributed by atoms with Crippen molar-refractivity contribution in [3.63, 3.8) is 0 Å². The molecule has 2 aromatic carbocycles. The number of amides is 1. The van der Waals surface area contributed by atoms with Gasteiger partial charge in [-0.1, -0.05) is 11.6 Å². The molecule has 0 radical (unpaired) electrons. The Labute approximate surface area is 152 Å². The zero-order valence-corrected chi connectivity index (χ0v) is 15.6. The maximum atomic E-state index is 12.3. The van der Waals surface area contributed by atoms with Crippen LogP contribution in [-0.4, -0.2) is 21.4 Å². The fourth-order valence-electron chi connectivity index (χ4n) is 1.85. The lowest BCUT2D eigenvalue weighted by molar-refractivity contribution is 0.102. The Morgan fingerprint density at radius 2 is 1.96 bits per heavy atom. The first-order chi connectivity index (χ1) is 10.7. The summed E-state index contributed by atoms with van der Waals surface area (Å²) < 4.78 is 28.8. The van der Waals surface area contributed by atoms with Gasteiger partial charge in [0.1, 0.15) is 10.6 Å². The molecule has 1 amide bonds. The molecule has 0 fully saturated rings. The van der Waals surface area contributed by atoms with Gasteiger partial charge in [-0.15, -0.1) is 0 Å². The van der Waals surface area contributed by atoms with Crippen molar-refractivity contribution in [2.24, 2.45) is 5.14 Å². The molecular formula is C14H12ClIN2O4S. The summed E-state index contributed by atoms with van der Waals surface area (Å²) in [4.78, 5) is 12.1. The highest BCUT2D eigenvalue weighted by atomic mass is 127. The van der Waals surface area contributed by atoms with Crippen LogP contribution in [0.2, 0.25) is 5.02 Å². The Hall–Kier alpha value is -1.36. The number of carbonyl (C=O) groups is 1. The van der Waals surface area contributed by atoms with Crippen molar-refractivity contribution in [1.82, 2.24) is 0 Å². The van der Waals surface area contributed by atoms with Crippen molar-refractivity contribution in [2.45, 2.75) is 4.90 Å². The number of hydrogen-bond donors (Lipinski definition) is 2. The number of nitrogens with two attached hydrogens (primary N) is 1. The number of benzene rings is 2. The summed E-state index contributed by atoms with van der Waals surface area (Å²) in [5, 5.41) is 8.19. The summed E-state index contributed by atoms with van der Waals surface area (Å²) in [6.45, 7) is 0. The summed E-state index contributed by atoms with van der Waals surface area (Å²) in [6, 6.07) is 9.08. The molecule has 0 atom stereocenters. The van der Waals surface area contributed by atoms with Crippen LogP contribution in [0.3, 0.4) is 0 Å². The normalized spacial score (nSPS) is 11.1. The SMILES string of the molecule is COc1ccc(NC(=O)c2cc(Cl)ccc2I)cc1S(N)(=O)=O. The van der Waals surface area contributed by atoms with E-state index >= 15 is 0 Å². The molecule has 0 aliphatic heterocycles. The van der Waals surface area contributed by atoms with Gasteiger partial charge in [-0.3, -0.25) is 4.79 Å². The van der Waals surface area contributed by atoms with Crippen LogP contribution in [0.25, 0.3) is 0 Å². The highest BCUT2D eigenvalue weighted by Gasteiger charge is 2.17. The standard InChI is InChI=1S/C14H12ClIN2O4S/c1-22-12-5-3-9(7-13(12)23(17,20)21)18-14(19)10-6-8(15)2-4-11(10)16/h2-7H,1H3,(H,18,19)(H2,17,20,21). The van der Waals surface area contributed by atoms with Gasteiger partial charge >= 0.3 is 0 Å². The van der Waals surface area contributed by atoms with E-state index in [1.165, 1.54) is 31.4 Å². The second-order valence-electron chi connectivity index (χ2n) is 4.49. The van der Waals surface area contributed by atoms with Crippen LogP contribution in [0.4, 0.5) is 5.69 Å². The van der Waals surface area contributed by atoms with E-state index in [4.69, 9.17) is 21.5 Å². The average molecular weight is 467 g/mol. The summed E-state index contributed by atoms with van der Waals surface area (Å²) in [5.74, 6) is -0.315. The minimum atomic E-state index is -3.98. The maximum absolute atomic E-state index is 12.3. The number of anilines is 1. The lowest BCUT2D eigenvalue weighted by atomic mass is 10.2. The number of carbonyl (C=O) groups excluding carboxylic acids is 1. The fourth-order valence-corrected chi connectivity index (χ4v) is 3.32. The molecule has 0 aliphatic rings. The van der Waals surface area contributed by atoms with E-state index in [1.807, 2.05) is 22.6 Å². The van der Waals surface area contributed by atoms with Crippen molar-refractivity contribution in [2.75, 3.05) is 12.4 Å². The molecule has 0 saturated carbocycles. The van der Waals surface area contributed by atoms with E-state index in [1.54, 1.807) is 12.1 Å². The van der Waals surface area contributed by atoms with E-state index in [9.17, 15) is 13.2 Å². The van der Waals surface area contributed by atoms with Crippen LogP contribution >= 0.6 is 34.2 Å². The number of sulfonamides is 1. The maximum Gasteiger partial charge on any atom is 0.256 e. The molecule has 0 heterocycles. The topological polar surface area (TPSA) is 98.5 Å². The van der Waals surface area contributed by atoms with E-state index in [2.05, 4.69) is 5.32 Å². The van der Waals surface area contributed by atoms with Gasteiger partial charge in [0.2, 0.25) is 10.0 Å². The van der Waals surface area contributed by atoms with Gasteiger partial charge < -0.3 is 10.1 Å². The van der Waals surface area contributed by atoms with E-state index in [0.29, 0.717) is 14.2 Å². The molecule has 0 unspecified atom stereocenters. The van der Waals surface area contributed by atoms with Gasteiger partial charge in [-0.2, -0.15) is 0 Å². The Morgan fingerprint density at radius 3 is 2.57 bits per heavy atom. The molecule has 0 saturated heterocycles. The highest BCUT2D eigenvalue weighted by molar-refractivity contribution is 14.1. The smallest absolute Gasteiger partial charge is 0.256 e. The van der Waals surface area contributed by atoms with Crippen molar-refractivity contribution >= 4 is 55.8 Å². The number of rotatable bonds is 4. The molecule has 3 N–H and O–H groups in total. The third-order valence-electron chi connectivity index (χ3n) is 2.90. The minimum Gasteiger partial charge on any atom is -0.495 e. The summed E-state index contributed by atoms with van der Waals surface area (Å²) in [7, 11) is -2.65. The number of ether oxygens (including phenoxy) is 1. The molecule has 2 rings (SSSR count). The zero-order valence-electron chi connectivity index (χ0n) is 11.8. The zero-order chi connectivity index (χ0) is 17.2. The predicted molar refractivity (Wildman–Crippen MR) is 96.5 cm³/mol. The summed E-state index contributed by atoms with van der Waals surface area (Å²) in [6.07, 6.45) is 0. The first-order valence-electron chi connectivity index (χ1n) is 6.19. The number of halogens is 2. The number of nitrogens with one attached hydrogen (secondary N) is 1. The Balaban J connectivity index is 2.37. The molecule has 2 aromatic rings. The fraction of sp³-hybridized carbons (Fsp3) is 0.0714. The van der Waals surface area contributed by atoms with Gasteiger partial charge in [0, 0.05) is 14.3 Å². The van der Waals surface area contributed by atoms with Crippen LogP contribution in [-0.2, 0) is 10.0 Å². The van der Waals surface area contributed by atoms with Crippen molar-refractivity contribution in [1.29, 1.82) is 0 Å². The molecule has 0 spiro atoms. The third kappa shape index (κ3) is 4.34. The molecule has 9 heteroatoms. The van der Waals surface area contributed by atoms with Gasteiger partial charge in [-0.05, 0) is 59.0 Å². The van der Waals surface area contributed by atoms with Crippen LogP contribution in [0.5, 0.6) is 5.75 Å². The quantitative estimate of drug-likeness (QED) is 0.677. The lowest BCUT2D eigenvalue weighted by Gasteiger charge is -2.11. The van der Waals surface area contributed by atoms with Crippen molar-refractivity contribution in [3.8, 4) is 5.75 Å². The van der Waals surface area contributed by atoms with E-state index in [0.717, 1.165) is 0 Å². The summed E-state index contributed by atoms with van der Waals surface area (Å²) in [5.41, 5.74) is 0.654. The second kappa shape index (κ2) is 7.04. The van der Waals surface area contributed by atoms with E-state index < -0.39 is 15.9 Å². The predicted octanol–water partition coefficient (Wildman–Crippen LogP) is 2.85. The van der Waals surface area contributed by atoms with Crippen LogP contribution in [0.15, 0.2) is 41.3 Å². The van der Waals surface area contributed by atoms with Crippen LogP contribution in [0.1, 0.15) is 10.4 Å². The number of primary sulfonamides is 1. The number of methoxy groups -OCH3 is 1. The van der Waals surface area contributed by atoms with Crippen molar-refractivity contribution < 1.29 is 17.9 Å². The monoisotopic (exact) mass is 466 g/mol. The molecule has 122 valence electrons.